The minimum absolute atomic E-state index is 0.0673. The first-order chi connectivity index (χ1) is 8.13. The zero-order valence-electron chi connectivity index (χ0n) is 10.9. The summed E-state index contributed by atoms with van der Waals surface area (Å²) in [7, 11) is 1.73. The van der Waals surface area contributed by atoms with E-state index < -0.39 is 0 Å². The van der Waals surface area contributed by atoms with Gasteiger partial charge in [-0.2, -0.15) is 0 Å². The maximum atomic E-state index is 5.74. The van der Waals surface area contributed by atoms with Crippen LogP contribution < -0.4 is 10.5 Å². The van der Waals surface area contributed by atoms with Gasteiger partial charge in [0.05, 0.1) is 20.3 Å². The van der Waals surface area contributed by atoms with Gasteiger partial charge in [0.2, 0.25) is 0 Å². The van der Waals surface area contributed by atoms with Crippen LogP contribution in [0.2, 0.25) is 0 Å². The largest absolute Gasteiger partial charge is 0.496 e. The van der Waals surface area contributed by atoms with Crippen molar-refractivity contribution in [2.75, 3.05) is 26.9 Å². The number of methoxy groups -OCH3 is 1. The number of hydrogen-bond donors (Lipinski definition) is 1. The summed E-state index contributed by atoms with van der Waals surface area (Å²) < 4.78 is 11.0. The molecule has 2 N–H and O–H groups in total. The number of ether oxygens (including phenoxy) is 2. The van der Waals surface area contributed by atoms with E-state index in [1.165, 1.54) is 16.7 Å². The molecule has 0 bridgehead atoms. The number of benzene rings is 1. The fourth-order valence-corrected chi connectivity index (χ4v) is 2.81. The van der Waals surface area contributed by atoms with Crippen molar-refractivity contribution >= 4 is 0 Å². The van der Waals surface area contributed by atoms with Gasteiger partial charge in [0.15, 0.2) is 0 Å². The highest BCUT2D eigenvalue weighted by molar-refractivity contribution is 5.49. The van der Waals surface area contributed by atoms with Crippen LogP contribution in [0.1, 0.15) is 23.1 Å². The van der Waals surface area contributed by atoms with Crippen LogP contribution in [0.4, 0.5) is 0 Å². The lowest BCUT2D eigenvalue weighted by Gasteiger charge is -2.43. The molecular formula is C14H21NO2. The molecule has 1 aromatic carbocycles. The van der Waals surface area contributed by atoms with Gasteiger partial charge in [-0.05, 0) is 44.0 Å². The van der Waals surface area contributed by atoms with E-state index in [9.17, 15) is 0 Å². The Kier molecular flexibility index (Phi) is 3.40. The van der Waals surface area contributed by atoms with Crippen molar-refractivity contribution in [2.45, 2.75) is 25.7 Å². The van der Waals surface area contributed by atoms with Crippen LogP contribution in [-0.2, 0) is 10.2 Å². The maximum absolute atomic E-state index is 5.74. The summed E-state index contributed by atoms with van der Waals surface area (Å²) in [6.07, 6.45) is 0.952. The molecule has 0 saturated carbocycles. The van der Waals surface area contributed by atoms with Crippen LogP contribution in [0.25, 0.3) is 0 Å². The summed E-state index contributed by atoms with van der Waals surface area (Å²) in [5, 5.41) is 0. The standard InChI is InChI=1S/C14H21NO2/c1-10-6-11(2)13(12(7-10)16-3)14(4-5-15)8-17-9-14/h6-7H,4-5,8-9,15H2,1-3H3. The van der Waals surface area contributed by atoms with Crippen molar-refractivity contribution in [1.29, 1.82) is 0 Å². The zero-order valence-corrected chi connectivity index (χ0v) is 10.9. The van der Waals surface area contributed by atoms with Gasteiger partial charge >= 0.3 is 0 Å². The van der Waals surface area contributed by atoms with E-state index in [4.69, 9.17) is 15.2 Å². The maximum Gasteiger partial charge on any atom is 0.123 e. The molecule has 1 aliphatic rings. The SMILES string of the molecule is COc1cc(C)cc(C)c1C1(CCN)COC1. The van der Waals surface area contributed by atoms with Crippen LogP contribution in [0, 0.1) is 13.8 Å². The quantitative estimate of drug-likeness (QED) is 0.867. The van der Waals surface area contributed by atoms with Gasteiger partial charge in [-0.15, -0.1) is 0 Å². The fourth-order valence-electron chi connectivity index (χ4n) is 2.81. The second kappa shape index (κ2) is 4.67. The number of aryl methyl sites for hydroxylation is 2. The molecule has 94 valence electrons. The Morgan fingerprint density at radius 2 is 2.06 bits per heavy atom. The molecule has 2 rings (SSSR count). The molecule has 0 aliphatic carbocycles. The first-order valence-electron chi connectivity index (χ1n) is 6.06. The summed E-state index contributed by atoms with van der Waals surface area (Å²) in [6.45, 7) is 6.42. The minimum Gasteiger partial charge on any atom is -0.496 e. The van der Waals surface area contributed by atoms with Gasteiger partial charge in [-0.1, -0.05) is 6.07 Å². The summed E-state index contributed by atoms with van der Waals surface area (Å²) in [6, 6.07) is 4.30. The van der Waals surface area contributed by atoms with E-state index in [0.717, 1.165) is 25.4 Å². The van der Waals surface area contributed by atoms with Gasteiger partial charge in [0, 0.05) is 11.0 Å². The molecule has 0 radical (unpaired) electrons. The molecule has 1 heterocycles. The Hall–Kier alpha value is -1.06. The molecule has 1 aromatic rings. The lowest BCUT2D eigenvalue weighted by molar-refractivity contribution is -0.0643. The molecule has 3 heteroatoms. The second-order valence-corrected chi connectivity index (χ2v) is 4.97. The Morgan fingerprint density at radius 3 is 2.53 bits per heavy atom. The fraction of sp³-hybridized carbons (Fsp3) is 0.571. The summed E-state index contributed by atoms with van der Waals surface area (Å²) in [4.78, 5) is 0. The van der Waals surface area contributed by atoms with Gasteiger partial charge in [-0.25, -0.2) is 0 Å². The Bertz CT molecular complexity index is 411. The lowest BCUT2D eigenvalue weighted by atomic mass is 9.73. The first kappa shape index (κ1) is 12.4. The monoisotopic (exact) mass is 235 g/mol. The zero-order chi connectivity index (χ0) is 12.5. The van der Waals surface area contributed by atoms with Gasteiger partial charge in [0.1, 0.15) is 5.75 Å². The highest BCUT2D eigenvalue weighted by Gasteiger charge is 2.42. The lowest BCUT2D eigenvalue weighted by Crippen LogP contribution is -2.48. The van der Waals surface area contributed by atoms with Crippen LogP contribution in [0.15, 0.2) is 12.1 Å². The number of hydrogen-bond acceptors (Lipinski definition) is 3. The molecule has 3 nitrogen and oxygen atoms in total. The third kappa shape index (κ3) is 2.05. The molecule has 0 spiro atoms. The predicted octanol–water partition coefficient (Wildman–Crippen LogP) is 1.93. The summed E-state index contributed by atoms with van der Waals surface area (Å²) in [5.74, 6) is 0.972. The van der Waals surface area contributed by atoms with Crippen molar-refractivity contribution in [2.24, 2.45) is 5.73 Å². The molecule has 0 atom stereocenters. The topological polar surface area (TPSA) is 44.5 Å². The highest BCUT2D eigenvalue weighted by atomic mass is 16.5. The molecule has 1 fully saturated rings. The molecule has 0 aromatic heterocycles. The van der Waals surface area contributed by atoms with E-state index in [1.807, 2.05) is 0 Å². The van der Waals surface area contributed by atoms with Crippen LogP contribution in [0.3, 0.4) is 0 Å². The molecule has 1 aliphatic heterocycles. The third-order valence-corrected chi connectivity index (χ3v) is 3.57. The van der Waals surface area contributed by atoms with E-state index in [0.29, 0.717) is 6.54 Å². The second-order valence-electron chi connectivity index (χ2n) is 4.97. The predicted molar refractivity (Wildman–Crippen MR) is 68.6 cm³/mol. The molecule has 0 amide bonds. The molecule has 0 unspecified atom stereocenters. The van der Waals surface area contributed by atoms with E-state index in [1.54, 1.807) is 7.11 Å². The smallest absolute Gasteiger partial charge is 0.123 e. The normalized spacial score (nSPS) is 17.6. The molecule has 1 saturated heterocycles. The highest BCUT2D eigenvalue weighted by Crippen LogP contribution is 2.42. The van der Waals surface area contributed by atoms with Gasteiger partial charge < -0.3 is 15.2 Å². The van der Waals surface area contributed by atoms with Crippen molar-refractivity contribution in [3.63, 3.8) is 0 Å². The van der Waals surface area contributed by atoms with Crippen molar-refractivity contribution in [1.82, 2.24) is 0 Å². The third-order valence-electron chi connectivity index (χ3n) is 3.57. The average Bonchev–Trinajstić information content (AvgIpc) is 2.23. The Labute approximate surface area is 103 Å². The minimum atomic E-state index is 0.0673. The van der Waals surface area contributed by atoms with Crippen molar-refractivity contribution < 1.29 is 9.47 Å². The van der Waals surface area contributed by atoms with Crippen LogP contribution >= 0.6 is 0 Å². The Morgan fingerprint density at radius 1 is 1.35 bits per heavy atom. The Balaban J connectivity index is 2.49. The van der Waals surface area contributed by atoms with E-state index in [-0.39, 0.29) is 5.41 Å². The van der Waals surface area contributed by atoms with Crippen LogP contribution in [0.5, 0.6) is 5.75 Å². The molecule has 17 heavy (non-hydrogen) atoms. The number of rotatable bonds is 4. The number of nitrogens with two attached hydrogens (primary N) is 1. The van der Waals surface area contributed by atoms with Crippen molar-refractivity contribution in [3.05, 3.63) is 28.8 Å². The summed E-state index contributed by atoms with van der Waals surface area (Å²) in [5.41, 5.74) is 9.59. The van der Waals surface area contributed by atoms with Crippen LogP contribution in [-0.4, -0.2) is 26.9 Å². The van der Waals surface area contributed by atoms with E-state index in [2.05, 4.69) is 26.0 Å². The van der Waals surface area contributed by atoms with Gasteiger partial charge in [0.25, 0.3) is 0 Å². The van der Waals surface area contributed by atoms with Gasteiger partial charge in [-0.3, -0.25) is 0 Å². The molecular weight excluding hydrogens is 214 g/mol. The van der Waals surface area contributed by atoms with E-state index >= 15 is 0 Å². The summed E-state index contributed by atoms with van der Waals surface area (Å²) >= 11 is 0. The van der Waals surface area contributed by atoms with Crippen molar-refractivity contribution in [3.8, 4) is 5.75 Å². The first-order valence-corrected chi connectivity index (χ1v) is 6.06. The average molecular weight is 235 g/mol.